The van der Waals surface area contributed by atoms with E-state index in [4.69, 9.17) is 10.5 Å². The zero-order chi connectivity index (χ0) is 17.7. The van der Waals surface area contributed by atoms with Crippen LogP contribution in [-0.2, 0) is 9.53 Å². The van der Waals surface area contributed by atoms with E-state index < -0.39 is 0 Å². The lowest BCUT2D eigenvalue weighted by molar-refractivity contribution is -0.176. The van der Waals surface area contributed by atoms with Gasteiger partial charge in [0.25, 0.3) is 0 Å². The first-order chi connectivity index (χ1) is 12.7. The van der Waals surface area contributed by atoms with Gasteiger partial charge < -0.3 is 15.8 Å². The van der Waals surface area contributed by atoms with Crippen molar-refractivity contribution >= 4 is 5.78 Å². The highest BCUT2D eigenvalue weighted by Gasteiger charge is 2.52. The van der Waals surface area contributed by atoms with E-state index in [2.05, 4.69) is 31.3 Å². The third-order valence-corrected chi connectivity index (χ3v) is 6.92. The number of ether oxygens (including phenoxy) is 1. The highest BCUT2D eigenvalue weighted by molar-refractivity contribution is 5.85. The fraction of sp³-hybridized carbons (Fsp3) is 0.882. The van der Waals surface area contributed by atoms with Gasteiger partial charge in [-0.3, -0.25) is 10.1 Å². The molecule has 0 bridgehead atoms. The quantitative estimate of drug-likeness (QED) is 0.562. The predicted octanol–water partition coefficient (Wildman–Crippen LogP) is -0.360. The van der Waals surface area contributed by atoms with Crippen LogP contribution in [0.15, 0.2) is 0 Å². The Balaban J connectivity index is 1.32. The fourth-order valence-corrected chi connectivity index (χ4v) is 5.50. The van der Waals surface area contributed by atoms with Crippen molar-refractivity contribution in [3.8, 4) is 0 Å². The van der Waals surface area contributed by atoms with Crippen molar-refractivity contribution in [1.82, 2.24) is 31.3 Å². The van der Waals surface area contributed by atoms with Gasteiger partial charge in [-0.15, -0.1) is 10.2 Å². The molecule has 1 aromatic heterocycles. The van der Waals surface area contributed by atoms with E-state index in [1.807, 2.05) is 0 Å². The molecule has 4 heterocycles. The van der Waals surface area contributed by atoms with Crippen LogP contribution in [0.1, 0.15) is 50.3 Å². The van der Waals surface area contributed by atoms with Gasteiger partial charge >= 0.3 is 0 Å². The summed E-state index contributed by atoms with van der Waals surface area (Å²) in [5, 5.41) is 21.2. The lowest BCUT2D eigenvalue weighted by atomic mass is 9.72. The lowest BCUT2D eigenvalue weighted by Gasteiger charge is -2.49. The van der Waals surface area contributed by atoms with E-state index in [1.165, 1.54) is 25.7 Å². The highest BCUT2D eigenvalue weighted by atomic mass is 16.5. The Kier molecular flexibility index (Phi) is 4.27. The Hall–Kier alpha value is -1.42. The second kappa shape index (κ2) is 6.63. The standard InChI is InChI=1S/C17H27N7O2/c18-15-11(16-21-23-24-22-16)5-10-14(25)9-6-12(8-3-1-2-4-8)19-7-13(9)26-17(10)20-15/h8-13,15,17,19-20H,1-7,18H2,(H,21,22,23,24). The zero-order valence-electron chi connectivity index (χ0n) is 14.8. The number of fused-ring (bicyclic) bond motifs is 2. The lowest BCUT2D eigenvalue weighted by Crippen LogP contribution is -2.66. The smallest absolute Gasteiger partial charge is 0.180 e. The molecule has 1 saturated carbocycles. The van der Waals surface area contributed by atoms with Crippen LogP contribution in [0.5, 0.6) is 0 Å². The van der Waals surface area contributed by atoms with Crippen LogP contribution in [-0.4, -0.2) is 57.5 Å². The maximum absolute atomic E-state index is 13.3. The Labute approximate surface area is 152 Å². The first kappa shape index (κ1) is 16.7. The maximum Gasteiger partial charge on any atom is 0.180 e. The minimum Gasteiger partial charge on any atom is -0.357 e. The van der Waals surface area contributed by atoms with Gasteiger partial charge in [-0.1, -0.05) is 18.1 Å². The van der Waals surface area contributed by atoms with Crippen LogP contribution >= 0.6 is 0 Å². The number of tetrazole rings is 1. The number of aromatic amines is 1. The molecule has 9 heteroatoms. The van der Waals surface area contributed by atoms with Gasteiger partial charge in [0.2, 0.25) is 0 Å². The predicted molar refractivity (Wildman–Crippen MR) is 91.7 cm³/mol. The van der Waals surface area contributed by atoms with Crippen LogP contribution in [0.2, 0.25) is 0 Å². The molecule has 7 unspecified atom stereocenters. The van der Waals surface area contributed by atoms with Gasteiger partial charge in [0, 0.05) is 18.5 Å². The van der Waals surface area contributed by atoms with E-state index in [1.54, 1.807) is 0 Å². The first-order valence-electron chi connectivity index (χ1n) is 9.88. The van der Waals surface area contributed by atoms with Gasteiger partial charge in [0.05, 0.1) is 24.1 Å². The number of carbonyl (C=O) groups is 1. The summed E-state index contributed by atoms with van der Waals surface area (Å²) in [6.07, 6.45) is 6.01. The minimum atomic E-state index is -0.346. The monoisotopic (exact) mass is 361 g/mol. The Morgan fingerprint density at radius 3 is 2.73 bits per heavy atom. The van der Waals surface area contributed by atoms with Crippen molar-refractivity contribution in [2.24, 2.45) is 23.5 Å². The van der Waals surface area contributed by atoms with E-state index in [-0.39, 0.29) is 36.3 Å². The van der Waals surface area contributed by atoms with Crippen LogP contribution in [0, 0.1) is 17.8 Å². The van der Waals surface area contributed by atoms with Crippen LogP contribution in [0.4, 0.5) is 0 Å². The molecule has 4 fully saturated rings. The number of Topliss-reactive ketones (excluding diaryl/α,β-unsaturated/α-hetero) is 1. The normalized spacial score (nSPS) is 43.9. The number of ketones is 1. The molecule has 0 aromatic carbocycles. The summed E-state index contributed by atoms with van der Waals surface area (Å²) in [5.41, 5.74) is 6.26. The molecule has 3 saturated heterocycles. The van der Waals surface area contributed by atoms with Gasteiger partial charge in [-0.05, 0) is 31.6 Å². The molecule has 0 spiro atoms. The number of hydrogen-bond acceptors (Lipinski definition) is 8. The fourth-order valence-electron chi connectivity index (χ4n) is 5.50. The molecule has 0 amide bonds. The summed E-state index contributed by atoms with van der Waals surface area (Å²) in [7, 11) is 0. The molecular formula is C17H27N7O2. The molecule has 3 aliphatic heterocycles. The van der Waals surface area contributed by atoms with Crippen molar-refractivity contribution < 1.29 is 9.53 Å². The van der Waals surface area contributed by atoms with Gasteiger partial charge in [-0.25, -0.2) is 0 Å². The van der Waals surface area contributed by atoms with Crippen LogP contribution < -0.4 is 16.4 Å². The summed E-state index contributed by atoms with van der Waals surface area (Å²) in [5.74, 6) is 1.26. The second-order valence-corrected chi connectivity index (χ2v) is 8.31. The summed E-state index contributed by atoms with van der Waals surface area (Å²) < 4.78 is 6.27. The molecule has 1 aromatic rings. The zero-order valence-corrected chi connectivity index (χ0v) is 14.8. The summed E-state index contributed by atoms with van der Waals surface area (Å²) in [6, 6.07) is 0.453. The van der Waals surface area contributed by atoms with Crippen molar-refractivity contribution in [3.05, 3.63) is 5.82 Å². The van der Waals surface area contributed by atoms with Crippen molar-refractivity contribution in [3.63, 3.8) is 0 Å². The van der Waals surface area contributed by atoms with Gasteiger partial charge in [0.1, 0.15) is 12.0 Å². The molecule has 26 heavy (non-hydrogen) atoms. The Bertz CT molecular complexity index is 648. The largest absolute Gasteiger partial charge is 0.357 e. The highest BCUT2D eigenvalue weighted by Crippen LogP contribution is 2.41. The molecule has 0 radical (unpaired) electrons. The van der Waals surface area contributed by atoms with Crippen molar-refractivity contribution in [2.75, 3.05) is 6.54 Å². The third-order valence-electron chi connectivity index (χ3n) is 6.92. The summed E-state index contributed by atoms with van der Waals surface area (Å²) >= 11 is 0. The summed E-state index contributed by atoms with van der Waals surface area (Å²) in [6.45, 7) is 0.756. The second-order valence-electron chi connectivity index (χ2n) is 8.31. The number of aromatic nitrogens is 4. The molecule has 5 N–H and O–H groups in total. The average Bonchev–Trinajstić information content (AvgIpc) is 3.35. The average molecular weight is 361 g/mol. The SMILES string of the molecule is NC1NC2OC3CNC(C4CCCC4)CC3C(=O)C2CC1c1nn[nH]n1. The first-order valence-corrected chi connectivity index (χ1v) is 9.88. The number of nitrogens with one attached hydrogen (secondary N) is 3. The molecular weight excluding hydrogens is 334 g/mol. The molecule has 1 aliphatic carbocycles. The molecule has 142 valence electrons. The van der Waals surface area contributed by atoms with Crippen LogP contribution in [0.3, 0.4) is 0 Å². The number of piperidine rings is 2. The van der Waals surface area contributed by atoms with Crippen LogP contribution in [0.25, 0.3) is 0 Å². The van der Waals surface area contributed by atoms with E-state index in [0.717, 1.165) is 13.0 Å². The number of carbonyl (C=O) groups excluding carboxylic acids is 1. The molecule has 7 atom stereocenters. The van der Waals surface area contributed by atoms with E-state index in [0.29, 0.717) is 30.0 Å². The minimum absolute atomic E-state index is 0.00913. The number of H-pyrrole nitrogens is 1. The number of rotatable bonds is 2. The van der Waals surface area contributed by atoms with E-state index >= 15 is 0 Å². The van der Waals surface area contributed by atoms with Crippen molar-refractivity contribution in [1.29, 1.82) is 0 Å². The number of nitrogens with zero attached hydrogens (tertiary/aromatic N) is 3. The van der Waals surface area contributed by atoms with Gasteiger partial charge in [-0.2, -0.15) is 5.21 Å². The maximum atomic E-state index is 13.3. The number of hydrogen-bond donors (Lipinski definition) is 4. The summed E-state index contributed by atoms with van der Waals surface area (Å²) in [4.78, 5) is 13.3. The van der Waals surface area contributed by atoms with Crippen molar-refractivity contribution in [2.45, 2.75) is 69.0 Å². The molecule has 9 nitrogen and oxygen atoms in total. The number of nitrogens with two attached hydrogens (primary N) is 1. The Morgan fingerprint density at radius 2 is 1.96 bits per heavy atom. The molecule has 5 rings (SSSR count). The third kappa shape index (κ3) is 2.77. The van der Waals surface area contributed by atoms with Gasteiger partial charge in [0.15, 0.2) is 5.82 Å². The Morgan fingerprint density at radius 1 is 1.12 bits per heavy atom. The van der Waals surface area contributed by atoms with E-state index in [9.17, 15) is 4.79 Å². The topological polar surface area (TPSA) is 131 Å². The molecule has 4 aliphatic rings.